The van der Waals surface area contributed by atoms with Crippen LogP contribution in [0.25, 0.3) is 11.1 Å². The first-order chi connectivity index (χ1) is 22.4. The van der Waals surface area contributed by atoms with E-state index in [0.717, 1.165) is 28.5 Å². The largest absolute Gasteiger partial charge is 0.494 e. The predicted molar refractivity (Wildman–Crippen MR) is 163 cm³/mol. The van der Waals surface area contributed by atoms with Gasteiger partial charge < -0.3 is 19.5 Å². The fraction of sp³-hybridized carbons (Fsp3) is 0.267. The summed E-state index contributed by atoms with van der Waals surface area (Å²) in [6.07, 6.45) is 0.117. The molecule has 4 aromatic rings. The molecule has 47 heavy (non-hydrogen) atoms. The number of aryl methyl sites for hydroxylation is 1. The molecule has 1 aliphatic rings. The average Bonchev–Trinajstić information content (AvgIpc) is 3.63. The highest BCUT2D eigenvalue weighted by atomic mass is 35.5. The van der Waals surface area contributed by atoms with Gasteiger partial charge >= 0.3 is 11.9 Å². The number of esters is 1. The van der Waals surface area contributed by atoms with Gasteiger partial charge in [-0.3, -0.25) is 29.1 Å². The Balaban J connectivity index is 1.45. The van der Waals surface area contributed by atoms with E-state index in [1.165, 1.54) is 36.5 Å². The number of rotatable bonds is 11. The number of carbonyl (C=O) groups is 4. The van der Waals surface area contributed by atoms with Gasteiger partial charge in [0.05, 0.1) is 55.4 Å². The van der Waals surface area contributed by atoms with E-state index in [2.05, 4.69) is 19.9 Å². The second-order valence-electron chi connectivity index (χ2n) is 10.2. The smallest absolute Gasteiger partial charge is 0.308 e. The molecular weight excluding hydrogens is 662 g/mol. The van der Waals surface area contributed by atoms with Gasteiger partial charge in [0.25, 0.3) is 18.2 Å². The molecule has 0 aromatic carbocycles. The monoisotopic (exact) mass is 686 g/mol. The molecule has 0 unspecified atom stereocenters. The van der Waals surface area contributed by atoms with Gasteiger partial charge in [0.15, 0.2) is 11.9 Å². The third kappa shape index (κ3) is 7.49. The fourth-order valence-corrected chi connectivity index (χ4v) is 5.84. The number of hydrogen-bond acceptors (Lipinski definition) is 11. The highest BCUT2D eigenvalue weighted by Gasteiger charge is 2.33. The van der Waals surface area contributed by atoms with Crippen molar-refractivity contribution in [2.75, 3.05) is 18.7 Å². The molecule has 13 nitrogen and oxygen atoms in total. The number of halogens is 3. The molecule has 0 radical (unpaired) electrons. The lowest BCUT2D eigenvalue weighted by atomic mass is 10.00. The number of thiazole rings is 1. The summed E-state index contributed by atoms with van der Waals surface area (Å²) < 4.78 is 36.6. The summed E-state index contributed by atoms with van der Waals surface area (Å²) in [6.45, 7) is 1.28. The molecule has 4 aromatic heterocycles. The summed E-state index contributed by atoms with van der Waals surface area (Å²) >= 11 is 7.26. The molecule has 17 heteroatoms. The van der Waals surface area contributed by atoms with Crippen LogP contribution in [0, 0.1) is 6.92 Å². The molecule has 1 aliphatic heterocycles. The van der Waals surface area contributed by atoms with Gasteiger partial charge in [0, 0.05) is 34.8 Å². The van der Waals surface area contributed by atoms with Crippen LogP contribution >= 0.6 is 22.9 Å². The van der Waals surface area contributed by atoms with Crippen LogP contribution in [0.2, 0.25) is 5.15 Å². The number of carbonyl (C=O) groups excluding carboxylic acids is 3. The first-order valence-corrected chi connectivity index (χ1v) is 15.0. The van der Waals surface area contributed by atoms with Gasteiger partial charge in [-0.25, -0.2) is 23.6 Å². The fourth-order valence-electron chi connectivity index (χ4n) is 4.62. The number of hydrogen-bond donors (Lipinski definition) is 1. The van der Waals surface area contributed by atoms with E-state index in [0.29, 0.717) is 33.1 Å². The van der Waals surface area contributed by atoms with Gasteiger partial charge in [-0.15, -0.1) is 0 Å². The van der Waals surface area contributed by atoms with E-state index < -0.39 is 49.8 Å². The number of anilines is 1. The molecule has 2 amide bonds. The van der Waals surface area contributed by atoms with Gasteiger partial charge in [-0.05, 0) is 31.2 Å². The number of aliphatic carboxylic acids is 1. The maximum Gasteiger partial charge on any atom is 0.308 e. The SMILES string of the molecule is COc1cnc(Cl)cc1-c1cc(C)ncc1C(=O)N(COC(=O)CCC(=O)O)c1nc2c(s1)CN(C(=O)c1ccc(C(F)F)cn1)C2. The lowest BCUT2D eigenvalue weighted by molar-refractivity contribution is -0.147. The topological polar surface area (TPSA) is 165 Å². The van der Waals surface area contributed by atoms with Crippen LogP contribution in [0.4, 0.5) is 13.9 Å². The molecule has 0 saturated carbocycles. The molecule has 5 rings (SSSR count). The lowest BCUT2D eigenvalue weighted by Gasteiger charge is -2.22. The number of nitrogens with zero attached hydrogens (tertiary/aromatic N) is 6. The van der Waals surface area contributed by atoms with Crippen molar-refractivity contribution >= 4 is 51.8 Å². The standard InChI is InChI=1S/C30H25ClF2N6O7S/c1-15-7-17(18-8-24(31)36-11-22(18)45-2)19(10-34-15)28(43)39(14-46-26(42)6-5-25(40)41)30-37-21-12-38(13-23(21)47-30)29(44)20-4-3-16(9-35-20)27(32)33/h3-4,7-11,27H,5-6,12-14H2,1-2H3,(H,40,41). The van der Waals surface area contributed by atoms with Gasteiger partial charge in [0.2, 0.25) is 0 Å². The van der Waals surface area contributed by atoms with Crippen molar-refractivity contribution in [3.8, 4) is 16.9 Å². The van der Waals surface area contributed by atoms with E-state index in [4.69, 9.17) is 26.2 Å². The summed E-state index contributed by atoms with van der Waals surface area (Å²) in [7, 11) is 1.44. The molecule has 0 bridgehead atoms. The zero-order chi connectivity index (χ0) is 33.8. The molecule has 1 N–H and O–H groups in total. The van der Waals surface area contributed by atoms with Crippen molar-refractivity contribution < 1.29 is 42.5 Å². The Morgan fingerprint density at radius 2 is 1.85 bits per heavy atom. The summed E-state index contributed by atoms with van der Waals surface area (Å²) in [5.74, 6) is -2.85. The number of methoxy groups -OCH3 is 1. The number of aromatic nitrogens is 4. The van der Waals surface area contributed by atoms with Crippen molar-refractivity contribution in [3.05, 3.63) is 81.1 Å². The number of pyridine rings is 3. The van der Waals surface area contributed by atoms with Crippen molar-refractivity contribution in [1.82, 2.24) is 24.8 Å². The maximum atomic E-state index is 14.2. The molecule has 0 aliphatic carbocycles. The minimum Gasteiger partial charge on any atom is -0.494 e. The predicted octanol–water partition coefficient (Wildman–Crippen LogP) is 5.07. The average molecular weight is 687 g/mol. The van der Waals surface area contributed by atoms with Crippen molar-refractivity contribution in [2.24, 2.45) is 0 Å². The highest BCUT2D eigenvalue weighted by Crippen LogP contribution is 2.37. The molecular formula is C30H25ClF2N6O7S. The van der Waals surface area contributed by atoms with Crippen LogP contribution in [-0.4, -0.2) is 67.5 Å². The zero-order valence-corrected chi connectivity index (χ0v) is 26.3. The normalized spacial score (nSPS) is 12.2. The van der Waals surface area contributed by atoms with E-state index in [1.54, 1.807) is 13.0 Å². The van der Waals surface area contributed by atoms with Crippen LogP contribution in [0.15, 0.2) is 42.9 Å². The van der Waals surface area contributed by atoms with Crippen molar-refractivity contribution in [1.29, 1.82) is 0 Å². The summed E-state index contributed by atoms with van der Waals surface area (Å²) in [5, 5.41) is 9.23. The minimum atomic E-state index is -2.72. The quantitative estimate of drug-likeness (QED) is 0.127. The molecule has 0 saturated heterocycles. The molecule has 0 fully saturated rings. The van der Waals surface area contributed by atoms with E-state index >= 15 is 0 Å². The highest BCUT2D eigenvalue weighted by molar-refractivity contribution is 7.16. The van der Waals surface area contributed by atoms with Gasteiger partial charge in [-0.2, -0.15) is 0 Å². The summed E-state index contributed by atoms with van der Waals surface area (Å²) in [5.41, 5.74) is 1.67. The number of alkyl halides is 2. The number of fused-ring (bicyclic) bond motifs is 1. The van der Waals surface area contributed by atoms with Crippen LogP contribution in [0.1, 0.15) is 61.9 Å². The van der Waals surface area contributed by atoms with Crippen molar-refractivity contribution in [2.45, 2.75) is 39.3 Å². The van der Waals surface area contributed by atoms with E-state index in [1.807, 2.05) is 0 Å². The Kier molecular flexibility index (Phi) is 10.0. The molecule has 0 atom stereocenters. The maximum absolute atomic E-state index is 14.2. The molecule has 5 heterocycles. The number of carboxylic acid groups (broad SMARTS) is 1. The Bertz CT molecular complexity index is 1830. The van der Waals surface area contributed by atoms with Crippen molar-refractivity contribution in [3.63, 3.8) is 0 Å². The molecule has 0 spiro atoms. The number of ether oxygens (including phenoxy) is 2. The Morgan fingerprint density at radius 1 is 1.06 bits per heavy atom. The first-order valence-electron chi connectivity index (χ1n) is 13.8. The van der Waals surface area contributed by atoms with Gasteiger partial charge in [0.1, 0.15) is 16.6 Å². The third-order valence-corrected chi connectivity index (χ3v) is 8.29. The number of amides is 2. The van der Waals surface area contributed by atoms with E-state index in [9.17, 15) is 28.0 Å². The van der Waals surface area contributed by atoms with Crippen LogP contribution in [0.5, 0.6) is 5.75 Å². The zero-order valence-electron chi connectivity index (χ0n) is 24.8. The number of carboxylic acids is 1. The minimum absolute atomic E-state index is 0.0131. The van der Waals surface area contributed by atoms with E-state index in [-0.39, 0.29) is 40.2 Å². The van der Waals surface area contributed by atoms with Gasteiger partial charge in [-0.1, -0.05) is 22.9 Å². The Morgan fingerprint density at radius 3 is 2.51 bits per heavy atom. The Hall–Kier alpha value is -5.09. The molecule has 244 valence electrons. The second-order valence-corrected chi connectivity index (χ2v) is 11.6. The lowest BCUT2D eigenvalue weighted by Crippen LogP contribution is -2.35. The third-order valence-electron chi connectivity index (χ3n) is 6.98. The first kappa shape index (κ1) is 33.3. The van der Waals surface area contributed by atoms with Crippen LogP contribution in [-0.2, 0) is 27.4 Å². The Labute approximate surface area is 274 Å². The second kappa shape index (κ2) is 14.1. The van der Waals surface area contributed by atoms with Crippen LogP contribution in [0.3, 0.4) is 0 Å². The van der Waals surface area contributed by atoms with Crippen LogP contribution < -0.4 is 9.64 Å². The summed E-state index contributed by atoms with van der Waals surface area (Å²) in [4.78, 5) is 70.5. The summed E-state index contributed by atoms with van der Waals surface area (Å²) in [6, 6.07) is 5.55.